The summed E-state index contributed by atoms with van der Waals surface area (Å²) in [6, 6.07) is 3.66. The minimum Gasteiger partial charge on any atom is -0.465 e. The van der Waals surface area contributed by atoms with Gasteiger partial charge in [0.05, 0.1) is 6.61 Å². The molecule has 0 amide bonds. The van der Waals surface area contributed by atoms with E-state index >= 15 is 0 Å². The SMILES string of the molecule is CCOC(=O)C1CCCN1Cc1cccnc1Cl. The Hall–Kier alpha value is -1.13. The van der Waals surface area contributed by atoms with Gasteiger partial charge in [0.2, 0.25) is 0 Å². The predicted molar refractivity (Wildman–Crippen MR) is 69.3 cm³/mol. The Kier molecular flexibility index (Phi) is 4.55. The van der Waals surface area contributed by atoms with Crippen LogP contribution in [0.5, 0.6) is 0 Å². The third-order valence-electron chi connectivity index (χ3n) is 3.13. The average Bonchev–Trinajstić information content (AvgIpc) is 2.81. The molecule has 0 radical (unpaired) electrons. The van der Waals surface area contributed by atoms with Crippen molar-refractivity contribution in [1.82, 2.24) is 9.88 Å². The molecule has 2 rings (SSSR count). The molecule has 2 heterocycles. The quantitative estimate of drug-likeness (QED) is 0.621. The number of carbonyl (C=O) groups excluding carboxylic acids is 1. The van der Waals surface area contributed by atoms with Crippen molar-refractivity contribution in [2.24, 2.45) is 0 Å². The molecule has 1 unspecified atom stereocenters. The Morgan fingerprint density at radius 3 is 3.22 bits per heavy atom. The molecule has 1 aliphatic heterocycles. The van der Waals surface area contributed by atoms with Gasteiger partial charge < -0.3 is 4.74 Å². The van der Waals surface area contributed by atoms with Crippen molar-refractivity contribution >= 4 is 17.6 Å². The molecule has 1 aromatic heterocycles. The second-order valence-electron chi connectivity index (χ2n) is 4.33. The van der Waals surface area contributed by atoms with Crippen molar-refractivity contribution < 1.29 is 9.53 Å². The molecule has 1 aliphatic rings. The molecule has 0 spiro atoms. The molecule has 1 saturated heterocycles. The van der Waals surface area contributed by atoms with E-state index in [9.17, 15) is 4.79 Å². The molecule has 0 aromatic carbocycles. The Morgan fingerprint density at radius 2 is 2.50 bits per heavy atom. The van der Waals surface area contributed by atoms with E-state index in [1.165, 1.54) is 0 Å². The van der Waals surface area contributed by atoms with Crippen molar-refractivity contribution in [1.29, 1.82) is 0 Å². The van der Waals surface area contributed by atoms with Crippen LogP contribution in [-0.4, -0.2) is 35.0 Å². The zero-order valence-electron chi connectivity index (χ0n) is 10.4. The number of carbonyl (C=O) groups is 1. The minimum atomic E-state index is -0.138. The lowest BCUT2D eigenvalue weighted by Gasteiger charge is -2.22. The zero-order valence-corrected chi connectivity index (χ0v) is 11.2. The van der Waals surface area contributed by atoms with Gasteiger partial charge in [-0.05, 0) is 32.4 Å². The molecule has 0 bridgehead atoms. The third kappa shape index (κ3) is 3.00. The van der Waals surface area contributed by atoms with Crippen LogP contribution in [0.4, 0.5) is 0 Å². The van der Waals surface area contributed by atoms with Crippen molar-refractivity contribution in [2.75, 3.05) is 13.2 Å². The Balaban J connectivity index is 2.04. The van der Waals surface area contributed by atoms with Gasteiger partial charge in [0.15, 0.2) is 0 Å². The molecule has 98 valence electrons. The summed E-state index contributed by atoms with van der Waals surface area (Å²) >= 11 is 6.04. The van der Waals surface area contributed by atoms with Crippen LogP contribution < -0.4 is 0 Å². The van der Waals surface area contributed by atoms with Crippen molar-refractivity contribution in [3.63, 3.8) is 0 Å². The largest absolute Gasteiger partial charge is 0.465 e. The van der Waals surface area contributed by atoms with Gasteiger partial charge in [0.25, 0.3) is 0 Å². The van der Waals surface area contributed by atoms with Crippen LogP contribution in [0.3, 0.4) is 0 Å². The molecular weight excluding hydrogens is 252 g/mol. The number of esters is 1. The summed E-state index contributed by atoms with van der Waals surface area (Å²) in [5.74, 6) is -0.130. The summed E-state index contributed by atoms with van der Waals surface area (Å²) in [7, 11) is 0. The maximum absolute atomic E-state index is 11.8. The van der Waals surface area contributed by atoms with Crippen LogP contribution in [0.25, 0.3) is 0 Å². The monoisotopic (exact) mass is 268 g/mol. The fourth-order valence-electron chi connectivity index (χ4n) is 2.28. The van der Waals surface area contributed by atoms with E-state index in [1.54, 1.807) is 6.20 Å². The van der Waals surface area contributed by atoms with E-state index in [1.807, 2.05) is 19.1 Å². The van der Waals surface area contributed by atoms with Crippen molar-refractivity contribution in [2.45, 2.75) is 32.4 Å². The first kappa shape index (κ1) is 13.3. The number of hydrogen-bond donors (Lipinski definition) is 0. The van der Waals surface area contributed by atoms with Crippen LogP contribution in [0.1, 0.15) is 25.3 Å². The van der Waals surface area contributed by atoms with Crippen LogP contribution in [0, 0.1) is 0 Å². The van der Waals surface area contributed by atoms with E-state index in [4.69, 9.17) is 16.3 Å². The average molecular weight is 269 g/mol. The number of halogens is 1. The van der Waals surface area contributed by atoms with Gasteiger partial charge in [-0.2, -0.15) is 0 Å². The Labute approximate surface area is 112 Å². The summed E-state index contributed by atoms with van der Waals surface area (Å²) in [6.07, 6.45) is 3.54. The standard InChI is InChI=1S/C13H17ClN2O2/c1-2-18-13(17)11-6-4-8-16(11)9-10-5-3-7-15-12(10)14/h3,5,7,11H,2,4,6,8-9H2,1H3. The smallest absolute Gasteiger partial charge is 0.323 e. The van der Waals surface area contributed by atoms with Gasteiger partial charge in [0, 0.05) is 18.3 Å². The predicted octanol–water partition coefficient (Wildman–Crippen LogP) is 2.26. The van der Waals surface area contributed by atoms with E-state index in [2.05, 4.69) is 9.88 Å². The fourth-order valence-corrected chi connectivity index (χ4v) is 2.46. The molecule has 1 fully saturated rings. The molecule has 0 aliphatic carbocycles. The van der Waals surface area contributed by atoms with E-state index in [-0.39, 0.29) is 12.0 Å². The van der Waals surface area contributed by atoms with E-state index in [0.29, 0.717) is 18.3 Å². The Bertz CT molecular complexity index is 425. The highest BCUT2D eigenvalue weighted by Crippen LogP contribution is 2.23. The molecule has 18 heavy (non-hydrogen) atoms. The number of ether oxygens (including phenoxy) is 1. The van der Waals surface area contributed by atoms with Gasteiger partial charge in [-0.1, -0.05) is 17.7 Å². The van der Waals surface area contributed by atoms with Crippen LogP contribution in [0.15, 0.2) is 18.3 Å². The summed E-state index contributed by atoms with van der Waals surface area (Å²) in [5.41, 5.74) is 0.954. The van der Waals surface area contributed by atoms with E-state index < -0.39 is 0 Å². The van der Waals surface area contributed by atoms with Crippen LogP contribution in [0.2, 0.25) is 5.15 Å². The van der Waals surface area contributed by atoms with Gasteiger partial charge in [-0.15, -0.1) is 0 Å². The normalized spacial score (nSPS) is 20.0. The maximum Gasteiger partial charge on any atom is 0.323 e. The lowest BCUT2D eigenvalue weighted by Crippen LogP contribution is -2.36. The summed E-state index contributed by atoms with van der Waals surface area (Å²) in [6.45, 7) is 3.80. The van der Waals surface area contributed by atoms with Crippen LogP contribution in [-0.2, 0) is 16.1 Å². The third-order valence-corrected chi connectivity index (χ3v) is 3.47. The highest BCUT2D eigenvalue weighted by atomic mass is 35.5. The van der Waals surface area contributed by atoms with Gasteiger partial charge in [-0.25, -0.2) is 4.98 Å². The second-order valence-corrected chi connectivity index (χ2v) is 4.69. The fraction of sp³-hybridized carbons (Fsp3) is 0.538. The number of rotatable bonds is 4. The van der Waals surface area contributed by atoms with Gasteiger partial charge in [0.1, 0.15) is 11.2 Å². The zero-order chi connectivity index (χ0) is 13.0. The number of pyridine rings is 1. The van der Waals surface area contributed by atoms with Gasteiger partial charge in [-0.3, -0.25) is 9.69 Å². The molecular formula is C13H17ClN2O2. The Morgan fingerprint density at radius 1 is 1.67 bits per heavy atom. The minimum absolute atomic E-state index is 0.130. The molecule has 4 nitrogen and oxygen atoms in total. The first-order valence-electron chi connectivity index (χ1n) is 6.22. The lowest BCUT2D eigenvalue weighted by molar-refractivity contribution is -0.148. The number of hydrogen-bond acceptors (Lipinski definition) is 4. The number of likely N-dealkylation sites (tertiary alicyclic amines) is 1. The first-order valence-corrected chi connectivity index (χ1v) is 6.60. The van der Waals surface area contributed by atoms with Crippen molar-refractivity contribution in [3.8, 4) is 0 Å². The highest BCUT2D eigenvalue weighted by Gasteiger charge is 2.31. The topological polar surface area (TPSA) is 42.4 Å². The molecule has 1 atom stereocenters. The lowest BCUT2D eigenvalue weighted by atomic mass is 10.2. The molecule has 5 heteroatoms. The van der Waals surface area contributed by atoms with Gasteiger partial charge >= 0.3 is 5.97 Å². The summed E-state index contributed by atoms with van der Waals surface area (Å²) < 4.78 is 5.09. The van der Waals surface area contributed by atoms with Crippen LogP contribution >= 0.6 is 11.6 Å². The molecule has 1 aromatic rings. The summed E-state index contributed by atoms with van der Waals surface area (Å²) in [4.78, 5) is 18.0. The summed E-state index contributed by atoms with van der Waals surface area (Å²) in [5, 5.41) is 0.506. The number of aromatic nitrogens is 1. The second kappa shape index (κ2) is 6.16. The highest BCUT2D eigenvalue weighted by molar-refractivity contribution is 6.30. The van der Waals surface area contributed by atoms with Crippen molar-refractivity contribution in [3.05, 3.63) is 29.0 Å². The molecule has 0 saturated carbocycles. The number of nitrogens with zero attached hydrogens (tertiary/aromatic N) is 2. The maximum atomic E-state index is 11.8. The van der Waals surface area contributed by atoms with E-state index in [0.717, 1.165) is 24.9 Å². The first-order chi connectivity index (χ1) is 8.72. The molecule has 0 N–H and O–H groups in total.